The van der Waals surface area contributed by atoms with Crippen molar-refractivity contribution in [2.24, 2.45) is 0 Å². The molecule has 0 fully saturated rings. The van der Waals surface area contributed by atoms with E-state index < -0.39 is 0 Å². The molecule has 24 heavy (non-hydrogen) atoms. The molecule has 0 spiro atoms. The predicted molar refractivity (Wildman–Crippen MR) is 103 cm³/mol. The van der Waals surface area contributed by atoms with Gasteiger partial charge in [0.05, 0.1) is 10.2 Å². The van der Waals surface area contributed by atoms with E-state index >= 15 is 0 Å². The van der Waals surface area contributed by atoms with E-state index in [9.17, 15) is 0 Å². The molecule has 0 aromatic heterocycles. The minimum atomic E-state index is 0.937. The number of rotatable bonds is 6. The summed E-state index contributed by atoms with van der Waals surface area (Å²) in [6, 6.07) is 32.0. The highest BCUT2D eigenvalue weighted by Gasteiger charge is 2.07. The molecular weight excluding hydrogens is 304 g/mol. The Morgan fingerprint density at radius 1 is 0.500 bits per heavy atom. The molecule has 3 aromatic rings. The third-order valence-corrected chi connectivity index (χ3v) is 4.70. The molecule has 3 radical (unpaired) electrons. The number of hydrogen-bond donors (Lipinski definition) is 0. The first-order valence-corrected chi connectivity index (χ1v) is 8.85. The molecule has 0 unspecified atom stereocenters. The minimum Gasteiger partial charge on any atom is -0.0842 e. The van der Waals surface area contributed by atoms with Gasteiger partial charge >= 0.3 is 0 Å². The van der Waals surface area contributed by atoms with Crippen LogP contribution < -0.4 is 0 Å². The summed E-state index contributed by atoms with van der Waals surface area (Å²) in [4.78, 5) is 0. The topological polar surface area (TPSA) is 0 Å². The van der Waals surface area contributed by atoms with Crippen LogP contribution in [0.3, 0.4) is 0 Å². The maximum absolute atomic E-state index is 3.93. The summed E-state index contributed by atoms with van der Waals surface area (Å²) in [6.07, 6.45) is 2.88. The van der Waals surface area contributed by atoms with Crippen molar-refractivity contribution in [3.8, 4) is 0 Å². The smallest absolute Gasteiger partial charge is 0.0654 e. The highest BCUT2D eigenvalue weighted by Crippen LogP contribution is 2.19. The van der Waals surface area contributed by atoms with Crippen LogP contribution in [0.25, 0.3) is 0 Å². The van der Waals surface area contributed by atoms with Crippen LogP contribution in [0.15, 0.2) is 102 Å². The fourth-order valence-corrected chi connectivity index (χ4v) is 3.27. The lowest BCUT2D eigenvalue weighted by Gasteiger charge is -2.14. The van der Waals surface area contributed by atoms with E-state index in [1.54, 1.807) is 0 Å². The van der Waals surface area contributed by atoms with E-state index in [0.29, 0.717) is 0 Å². The highest BCUT2D eigenvalue weighted by atomic mass is 28.1. The standard InChI is InChI=1S/C23H21Si/c24-23(18-21-14-8-3-9-15-21)22(16-19-10-4-1-5-11-19)17-20-12-6-2-7-13-20/h1-15H,16-18H2. The van der Waals surface area contributed by atoms with Gasteiger partial charge < -0.3 is 0 Å². The molecule has 0 aliphatic heterocycles. The van der Waals surface area contributed by atoms with Crippen molar-refractivity contribution in [3.63, 3.8) is 0 Å². The van der Waals surface area contributed by atoms with E-state index in [1.165, 1.54) is 27.5 Å². The Morgan fingerprint density at radius 2 is 0.833 bits per heavy atom. The SMILES string of the molecule is [Si]C(Cc1ccccc1)=C(Cc1ccccc1)Cc1ccccc1. The summed E-state index contributed by atoms with van der Waals surface area (Å²) in [5.74, 6) is 0. The molecule has 3 aromatic carbocycles. The molecule has 0 bridgehead atoms. The Balaban J connectivity index is 1.86. The van der Waals surface area contributed by atoms with E-state index in [0.717, 1.165) is 19.3 Å². The molecule has 3 rings (SSSR count). The van der Waals surface area contributed by atoms with E-state index in [2.05, 4.69) is 101 Å². The second-order valence-electron chi connectivity index (χ2n) is 6.07. The van der Waals surface area contributed by atoms with Crippen molar-refractivity contribution in [1.82, 2.24) is 0 Å². The van der Waals surface area contributed by atoms with Gasteiger partial charge in [-0.25, -0.2) is 0 Å². The molecule has 0 saturated carbocycles. The maximum atomic E-state index is 3.93. The molecule has 0 nitrogen and oxygen atoms in total. The van der Waals surface area contributed by atoms with E-state index in [1.807, 2.05) is 0 Å². The monoisotopic (exact) mass is 325 g/mol. The van der Waals surface area contributed by atoms with Crippen LogP contribution in [0.4, 0.5) is 0 Å². The maximum Gasteiger partial charge on any atom is 0.0654 e. The Hall–Kier alpha value is -2.38. The molecule has 0 amide bonds. The Kier molecular flexibility index (Phi) is 5.81. The van der Waals surface area contributed by atoms with Crippen LogP contribution in [-0.2, 0) is 19.3 Å². The number of hydrogen-bond acceptors (Lipinski definition) is 0. The van der Waals surface area contributed by atoms with Gasteiger partial charge in [0.25, 0.3) is 0 Å². The van der Waals surface area contributed by atoms with Gasteiger partial charge in [-0.1, -0.05) is 102 Å². The molecule has 0 N–H and O–H groups in total. The lowest BCUT2D eigenvalue weighted by molar-refractivity contribution is 0.999. The van der Waals surface area contributed by atoms with Crippen LogP contribution in [0.1, 0.15) is 16.7 Å². The first-order valence-electron chi connectivity index (χ1n) is 8.35. The zero-order valence-electron chi connectivity index (χ0n) is 13.8. The fourth-order valence-electron chi connectivity index (χ4n) is 2.89. The van der Waals surface area contributed by atoms with Crippen molar-refractivity contribution in [1.29, 1.82) is 0 Å². The van der Waals surface area contributed by atoms with Gasteiger partial charge in [0.2, 0.25) is 0 Å². The Bertz CT molecular complexity index is 731. The molecule has 0 aliphatic carbocycles. The Labute approximate surface area is 148 Å². The van der Waals surface area contributed by atoms with Crippen molar-refractivity contribution < 1.29 is 0 Å². The molecule has 0 heterocycles. The third kappa shape index (κ3) is 4.80. The number of allylic oxidation sites excluding steroid dienone is 2. The average Bonchev–Trinajstić information content (AvgIpc) is 2.64. The van der Waals surface area contributed by atoms with Gasteiger partial charge in [-0.3, -0.25) is 0 Å². The summed E-state index contributed by atoms with van der Waals surface area (Å²) >= 11 is 0. The van der Waals surface area contributed by atoms with E-state index in [4.69, 9.17) is 0 Å². The van der Waals surface area contributed by atoms with Crippen molar-refractivity contribution in [2.45, 2.75) is 19.3 Å². The summed E-state index contributed by atoms with van der Waals surface area (Å²) in [5, 5.41) is 1.29. The zero-order valence-corrected chi connectivity index (χ0v) is 14.8. The van der Waals surface area contributed by atoms with Crippen LogP contribution in [0.2, 0.25) is 0 Å². The first kappa shape index (κ1) is 16.5. The lowest BCUT2D eigenvalue weighted by atomic mass is 9.96. The highest BCUT2D eigenvalue weighted by molar-refractivity contribution is 6.22. The molecule has 117 valence electrons. The lowest BCUT2D eigenvalue weighted by Crippen LogP contribution is -2.03. The van der Waals surface area contributed by atoms with Crippen LogP contribution in [0.5, 0.6) is 0 Å². The fraction of sp³-hybridized carbons (Fsp3) is 0.130. The minimum absolute atomic E-state index is 0.937. The van der Waals surface area contributed by atoms with Gasteiger partial charge in [-0.05, 0) is 36.0 Å². The van der Waals surface area contributed by atoms with Crippen LogP contribution in [0, 0.1) is 0 Å². The van der Waals surface area contributed by atoms with Crippen LogP contribution in [-0.4, -0.2) is 10.2 Å². The second-order valence-corrected chi connectivity index (χ2v) is 6.67. The van der Waals surface area contributed by atoms with Crippen molar-refractivity contribution in [3.05, 3.63) is 118 Å². The quantitative estimate of drug-likeness (QED) is 0.551. The summed E-state index contributed by atoms with van der Waals surface area (Å²) in [6.45, 7) is 0. The van der Waals surface area contributed by atoms with Gasteiger partial charge in [-0.15, -0.1) is 0 Å². The summed E-state index contributed by atoms with van der Waals surface area (Å²) in [5.41, 5.74) is 5.48. The molecular formula is C23H21Si. The van der Waals surface area contributed by atoms with Gasteiger partial charge in [-0.2, -0.15) is 0 Å². The Morgan fingerprint density at radius 3 is 1.21 bits per heavy atom. The summed E-state index contributed by atoms with van der Waals surface area (Å²) < 4.78 is 0. The molecule has 0 atom stereocenters. The van der Waals surface area contributed by atoms with Crippen molar-refractivity contribution in [2.75, 3.05) is 0 Å². The molecule has 0 aliphatic rings. The second kappa shape index (κ2) is 8.46. The van der Waals surface area contributed by atoms with Gasteiger partial charge in [0.1, 0.15) is 0 Å². The van der Waals surface area contributed by atoms with Gasteiger partial charge in [0.15, 0.2) is 0 Å². The summed E-state index contributed by atoms with van der Waals surface area (Å²) in [7, 11) is 3.93. The molecule has 0 saturated heterocycles. The predicted octanol–water partition coefficient (Wildman–Crippen LogP) is 5.14. The van der Waals surface area contributed by atoms with Gasteiger partial charge in [0, 0.05) is 0 Å². The molecule has 1 heteroatoms. The third-order valence-electron chi connectivity index (χ3n) is 4.17. The van der Waals surface area contributed by atoms with Crippen molar-refractivity contribution >= 4 is 10.2 Å². The van der Waals surface area contributed by atoms with Crippen LogP contribution >= 0.6 is 0 Å². The normalized spacial score (nSPS) is 10.4. The van der Waals surface area contributed by atoms with E-state index in [-0.39, 0.29) is 0 Å². The largest absolute Gasteiger partial charge is 0.0842 e. The number of benzene rings is 3. The zero-order chi connectivity index (χ0) is 16.6. The first-order chi connectivity index (χ1) is 11.8. The average molecular weight is 326 g/mol.